The maximum absolute atomic E-state index is 11.7. The van der Waals surface area contributed by atoms with E-state index >= 15 is 0 Å². The number of H-pyrrole nitrogens is 1. The highest BCUT2D eigenvalue weighted by molar-refractivity contribution is 7.67. The highest BCUT2D eigenvalue weighted by Crippen LogP contribution is 2.19. The first-order valence-corrected chi connectivity index (χ1v) is 7.19. The summed E-state index contributed by atoms with van der Waals surface area (Å²) in [6, 6.07) is 11.4. The van der Waals surface area contributed by atoms with Gasteiger partial charge >= 0.3 is 0 Å². The summed E-state index contributed by atoms with van der Waals surface area (Å²) in [6.07, 6.45) is 1.71. The lowest BCUT2D eigenvalue weighted by Gasteiger charge is -2.15. The lowest BCUT2D eigenvalue weighted by molar-refractivity contribution is 0.701. The normalized spacial score (nSPS) is 10.6. The standard InChI is InChI=1S/C15H14N4OS/c1-19(2)15-10(6-5-9-16-15)13(21-20)14-17-11-7-3-4-8-12(11)18-14/h3-9H,1-2H3,(H,17,18). The van der Waals surface area contributed by atoms with Crippen LogP contribution in [-0.4, -0.2) is 38.1 Å². The van der Waals surface area contributed by atoms with Gasteiger partial charge in [-0.25, -0.2) is 14.2 Å². The summed E-state index contributed by atoms with van der Waals surface area (Å²) in [5, 5.41) is 0. The Hall–Kier alpha value is -2.47. The Bertz CT molecular complexity index is 817. The minimum absolute atomic E-state index is 0.429. The SMILES string of the molecule is CN(C)c1ncccc1C(=S=O)c1nc2ccccc2[nH]1. The third-order valence-electron chi connectivity index (χ3n) is 3.14. The first-order chi connectivity index (χ1) is 10.2. The number of nitrogens with zero attached hydrogens (tertiary/aromatic N) is 3. The number of imidazole rings is 1. The van der Waals surface area contributed by atoms with Gasteiger partial charge < -0.3 is 9.88 Å². The summed E-state index contributed by atoms with van der Waals surface area (Å²) in [4.78, 5) is 14.5. The van der Waals surface area contributed by atoms with Crippen LogP contribution in [0.2, 0.25) is 0 Å². The van der Waals surface area contributed by atoms with Crippen LogP contribution in [0.25, 0.3) is 11.0 Å². The molecule has 0 saturated carbocycles. The smallest absolute Gasteiger partial charge is 0.152 e. The van der Waals surface area contributed by atoms with E-state index in [1.807, 2.05) is 55.4 Å². The third-order valence-corrected chi connectivity index (χ3v) is 3.72. The van der Waals surface area contributed by atoms with Crippen LogP contribution in [0.4, 0.5) is 5.82 Å². The van der Waals surface area contributed by atoms with Crippen molar-refractivity contribution in [1.82, 2.24) is 15.0 Å². The van der Waals surface area contributed by atoms with Crippen LogP contribution in [0.3, 0.4) is 0 Å². The van der Waals surface area contributed by atoms with Gasteiger partial charge in [0.25, 0.3) is 0 Å². The zero-order chi connectivity index (χ0) is 14.8. The van der Waals surface area contributed by atoms with Crippen LogP contribution in [0.15, 0.2) is 42.6 Å². The van der Waals surface area contributed by atoms with E-state index < -0.39 is 0 Å². The predicted octanol–water partition coefficient (Wildman–Crippen LogP) is 1.81. The fraction of sp³-hybridized carbons (Fsp3) is 0.133. The summed E-state index contributed by atoms with van der Waals surface area (Å²) >= 11 is 0.429. The Kier molecular flexibility index (Phi) is 3.53. The van der Waals surface area contributed by atoms with Crippen molar-refractivity contribution in [3.8, 4) is 0 Å². The first-order valence-electron chi connectivity index (χ1n) is 6.45. The van der Waals surface area contributed by atoms with Crippen molar-refractivity contribution >= 4 is 33.0 Å². The Balaban J connectivity index is 2.17. The predicted molar refractivity (Wildman–Crippen MR) is 86.0 cm³/mol. The molecule has 2 aromatic heterocycles. The topological polar surface area (TPSA) is 61.9 Å². The van der Waals surface area contributed by atoms with Crippen molar-refractivity contribution in [3.63, 3.8) is 0 Å². The van der Waals surface area contributed by atoms with E-state index in [4.69, 9.17) is 0 Å². The van der Waals surface area contributed by atoms with Gasteiger partial charge in [0.05, 0.1) is 11.0 Å². The Morgan fingerprint density at radius 3 is 2.71 bits per heavy atom. The summed E-state index contributed by atoms with van der Waals surface area (Å²) < 4.78 is 11.7. The Morgan fingerprint density at radius 2 is 2.00 bits per heavy atom. The molecule has 0 aliphatic rings. The molecule has 0 amide bonds. The molecule has 106 valence electrons. The van der Waals surface area contributed by atoms with E-state index in [0.717, 1.165) is 22.4 Å². The van der Waals surface area contributed by atoms with Crippen LogP contribution < -0.4 is 4.90 Å². The van der Waals surface area contributed by atoms with Crippen molar-refractivity contribution in [2.75, 3.05) is 19.0 Å². The second-order valence-corrected chi connectivity index (χ2v) is 5.36. The highest BCUT2D eigenvalue weighted by atomic mass is 32.1. The van der Waals surface area contributed by atoms with Crippen LogP contribution in [-0.2, 0) is 11.3 Å². The molecule has 0 fully saturated rings. The molecule has 1 N–H and O–H groups in total. The zero-order valence-corrected chi connectivity index (χ0v) is 12.5. The fourth-order valence-electron chi connectivity index (χ4n) is 2.20. The van der Waals surface area contributed by atoms with Gasteiger partial charge in [-0.2, -0.15) is 0 Å². The molecule has 2 heterocycles. The van der Waals surface area contributed by atoms with Gasteiger partial charge in [-0.1, -0.05) is 12.1 Å². The minimum atomic E-state index is 0.429. The number of aromatic nitrogens is 3. The molecule has 3 rings (SSSR count). The van der Waals surface area contributed by atoms with Crippen LogP contribution in [0.1, 0.15) is 11.4 Å². The molecule has 1 aromatic carbocycles. The molecule has 0 saturated heterocycles. The maximum atomic E-state index is 11.7. The average molecular weight is 298 g/mol. The van der Waals surface area contributed by atoms with Gasteiger partial charge in [-0.05, 0) is 24.3 Å². The largest absolute Gasteiger partial charge is 0.362 e. The molecular weight excluding hydrogens is 284 g/mol. The van der Waals surface area contributed by atoms with Crippen molar-refractivity contribution in [1.29, 1.82) is 0 Å². The monoisotopic (exact) mass is 298 g/mol. The second kappa shape index (κ2) is 5.49. The van der Waals surface area contributed by atoms with Crippen molar-refractivity contribution in [2.24, 2.45) is 0 Å². The highest BCUT2D eigenvalue weighted by Gasteiger charge is 2.16. The number of fused-ring (bicyclic) bond motifs is 1. The van der Waals surface area contributed by atoms with Gasteiger partial charge in [0.15, 0.2) is 5.82 Å². The van der Waals surface area contributed by atoms with E-state index in [-0.39, 0.29) is 0 Å². The number of pyridine rings is 1. The van der Waals surface area contributed by atoms with Gasteiger partial charge in [0, 0.05) is 25.9 Å². The molecular formula is C15H14N4OS. The van der Waals surface area contributed by atoms with Gasteiger partial charge in [-0.15, -0.1) is 0 Å². The molecule has 0 aliphatic heterocycles. The number of rotatable bonds is 3. The molecule has 3 aromatic rings. The molecule has 0 atom stereocenters. The molecule has 0 bridgehead atoms. The number of nitrogens with one attached hydrogen (secondary N) is 1. The molecule has 0 radical (unpaired) electrons. The van der Waals surface area contributed by atoms with Crippen LogP contribution >= 0.6 is 0 Å². The van der Waals surface area contributed by atoms with Crippen LogP contribution in [0.5, 0.6) is 0 Å². The van der Waals surface area contributed by atoms with Gasteiger partial charge in [0.1, 0.15) is 21.9 Å². The quantitative estimate of drug-likeness (QED) is 0.592. The van der Waals surface area contributed by atoms with Crippen molar-refractivity contribution in [3.05, 3.63) is 54.0 Å². The number of benzene rings is 1. The Morgan fingerprint density at radius 1 is 1.19 bits per heavy atom. The summed E-state index contributed by atoms with van der Waals surface area (Å²) in [5.74, 6) is 1.32. The van der Waals surface area contributed by atoms with E-state index in [0.29, 0.717) is 21.9 Å². The lowest BCUT2D eigenvalue weighted by Crippen LogP contribution is -2.17. The first kappa shape index (κ1) is 13.5. The number of para-hydroxylation sites is 2. The molecule has 0 aliphatic carbocycles. The fourth-order valence-corrected chi connectivity index (χ4v) is 2.63. The zero-order valence-electron chi connectivity index (χ0n) is 11.7. The van der Waals surface area contributed by atoms with Gasteiger partial charge in [-0.3, -0.25) is 0 Å². The number of hydrogen-bond acceptors (Lipinski definition) is 4. The van der Waals surface area contributed by atoms with E-state index in [1.54, 1.807) is 6.20 Å². The summed E-state index contributed by atoms with van der Waals surface area (Å²) in [7, 11) is 3.80. The molecule has 21 heavy (non-hydrogen) atoms. The van der Waals surface area contributed by atoms with Crippen LogP contribution in [0, 0.1) is 0 Å². The number of aromatic amines is 1. The molecule has 0 unspecified atom stereocenters. The molecule has 6 heteroatoms. The van der Waals surface area contributed by atoms with E-state index in [2.05, 4.69) is 15.0 Å². The number of hydrogen-bond donors (Lipinski definition) is 1. The molecule has 5 nitrogen and oxygen atoms in total. The number of anilines is 1. The van der Waals surface area contributed by atoms with Crippen molar-refractivity contribution in [2.45, 2.75) is 0 Å². The second-order valence-electron chi connectivity index (χ2n) is 4.78. The third kappa shape index (κ3) is 2.45. The van der Waals surface area contributed by atoms with Crippen molar-refractivity contribution < 1.29 is 4.21 Å². The van der Waals surface area contributed by atoms with Gasteiger partial charge in [0.2, 0.25) is 0 Å². The van der Waals surface area contributed by atoms with E-state index in [1.165, 1.54) is 0 Å². The lowest BCUT2D eigenvalue weighted by atomic mass is 10.1. The van der Waals surface area contributed by atoms with E-state index in [9.17, 15) is 4.21 Å². The Labute approximate surface area is 125 Å². The maximum Gasteiger partial charge on any atom is 0.152 e. The average Bonchev–Trinajstić information content (AvgIpc) is 2.92. The summed E-state index contributed by atoms with van der Waals surface area (Å²) in [6.45, 7) is 0. The molecule has 0 spiro atoms. The minimum Gasteiger partial charge on any atom is -0.362 e. The summed E-state index contributed by atoms with van der Waals surface area (Å²) in [5.41, 5.74) is 2.53.